The predicted octanol–water partition coefficient (Wildman–Crippen LogP) is 3.24. The van der Waals surface area contributed by atoms with Crippen LogP contribution in [0.3, 0.4) is 0 Å². The van der Waals surface area contributed by atoms with Gasteiger partial charge in [0.2, 0.25) is 0 Å². The molecule has 0 bridgehead atoms. The molecule has 0 fully saturated rings. The Morgan fingerprint density at radius 2 is 2.05 bits per heavy atom. The summed E-state index contributed by atoms with van der Waals surface area (Å²) in [4.78, 5) is 8.70. The van der Waals surface area contributed by atoms with Crippen molar-refractivity contribution in [1.82, 2.24) is 9.97 Å². The molecule has 1 aliphatic carbocycles. The lowest BCUT2D eigenvalue weighted by atomic mass is 9.90. The quantitative estimate of drug-likeness (QED) is 0.897. The number of fused-ring (bicyclic) bond motifs is 1. The molecule has 1 heterocycles. The maximum absolute atomic E-state index is 5.84. The fourth-order valence-corrected chi connectivity index (χ4v) is 2.78. The van der Waals surface area contributed by atoms with Crippen LogP contribution in [0.15, 0.2) is 24.3 Å². The van der Waals surface area contributed by atoms with Crippen LogP contribution in [0, 0.1) is 0 Å². The van der Waals surface area contributed by atoms with Crippen molar-refractivity contribution < 1.29 is 0 Å². The van der Waals surface area contributed by atoms with Gasteiger partial charge in [-0.25, -0.2) is 9.97 Å². The van der Waals surface area contributed by atoms with Gasteiger partial charge in [0.05, 0.1) is 0 Å². The molecule has 0 atom stereocenters. The van der Waals surface area contributed by atoms with Gasteiger partial charge in [-0.3, -0.25) is 0 Å². The molecule has 0 saturated carbocycles. The lowest BCUT2D eigenvalue weighted by Crippen LogP contribution is -2.08. The largest absolute Gasteiger partial charge is 0.384 e. The second-order valence-corrected chi connectivity index (χ2v) is 5.22. The maximum Gasteiger partial charge on any atom is 0.136 e. The summed E-state index contributed by atoms with van der Waals surface area (Å²) in [5.41, 5.74) is 9.87. The van der Waals surface area contributed by atoms with Gasteiger partial charge in [-0.05, 0) is 42.9 Å². The van der Waals surface area contributed by atoms with Gasteiger partial charge in [0.15, 0.2) is 0 Å². The van der Waals surface area contributed by atoms with Crippen LogP contribution < -0.4 is 11.1 Å². The van der Waals surface area contributed by atoms with Crippen LogP contribution in [-0.2, 0) is 19.3 Å². The van der Waals surface area contributed by atoms with Gasteiger partial charge in [-0.1, -0.05) is 19.1 Å². The summed E-state index contributed by atoms with van der Waals surface area (Å²) >= 11 is 0. The number of rotatable bonds is 3. The van der Waals surface area contributed by atoms with Gasteiger partial charge in [0.25, 0.3) is 0 Å². The van der Waals surface area contributed by atoms with Crippen LogP contribution in [0.4, 0.5) is 17.3 Å². The van der Waals surface area contributed by atoms with E-state index in [2.05, 4.69) is 33.5 Å². The molecular formula is C16H20N4. The van der Waals surface area contributed by atoms with Gasteiger partial charge in [0.1, 0.15) is 17.5 Å². The smallest absolute Gasteiger partial charge is 0.136 e. The van der Waals surface area contributed by atoms with Crippen LogP contribution in [0.25, 0.3) is 0 Å². The number of aryl methyl sites for hydroxylation is 2. The van der Waals surface area contributed by atoms with Crippen LogP contribution in [0.5, 0.6) is 0 Å². The molecule has 0 amide bonds. The number of anilines is 3. The molecule has 1 aromatic heterocycles. The molecule has 20 heavy (non-hydrogen) atoms. The second kappa shape index (κ2) is 5.49. The number of nitrogens with two attached hydrogens (primary N) is 1. The van der Waals surface area contributed by atoms with Crippen LogP contribution in [-0.4, -0.2) is 9.97 Å². The molecule has 0 unspecified atom stereocenters. The highest BCUT2D eigenvalue weighted by Gasteiger charge is 2.13. The highest BCUT2D eigenvalue weighted by molar-refractivity contribution is 5.64. The normalized spacial score (nSPS) is 13.8. The summed E-state index contributed by atoms with van der Waals surface area (Å²) in [6, 6.07) is 8.25. The molecule has 4 nitrogen and oxygen atoms in total. The van der Waals surface area contributed by atoms with Crippen molar-refractivity contribution in [1.29, 1.82) is 0 Å². The lowest BCUT2D eigenvalue weighted by molar-refractivity contribution is 0.687. The fraction of sp³-hybridized carbons (Fsp3) is 0.375. The van der Waals surface area contributed by atoms with E-state index in [1.54, 1.807) is 6.07 Å². The molecule has 1 aromatic carbocycles. The lowest BCUT2D eigenvalue weighted by Gasteiger charge is -2.20. The standard InChI is InChI=1S/C16H20N4/c1-2-15-19-14(17)10-16(20-15)18-13-9-5-7-11-6-3-4-8-12(11)13/h5,7,9-10H,2-4,6,8H2,1H3,(H3,17,18,19,20). The van der Waals surface area contributed by atoms with E-state index in [1.807, 2.05) is 6.92 Å². The van der Waals surface area contributed by atoms with Crippen LogP contribution in [0.1, 0.15) is 36.7 Å². The molecule has 0 radical (unpaired) electrons. The number of benzene rings is 1. The van der Waals surface area contributed by atoms with Gasteiger partial charge in [-0.2, -0.15) is 0 Å². The number of aromatic nitrogens is 2. The third-order valence-corrected chi connectivity index (χ3v) is 3.77. The molecule has 1 aliphatic rings. The Kier molecular flexibility index (Phi) is 3.54. The fourth-order valence-electron chi connectivity index (χ4n) is 2.78. The maximum atomic E-state index is 5.84. The number of hydrogen-bond donors (Lipinski definition) is 2. The number of nitrogen functional groups attached to an aromatic ring is 1. The highest BCUT2D eigenvalue weighted by atomic mass is 15.1. The average molecular weight is 268 g/mol. The number of hydrogen-bond acceptors (Lipinski definition) is 4. The molecule has 0 aliphatic heterocycles. The molecule has 4 heteroatoms. The molecular weight excluding hydrogens is 248 g/mol. The van der Waals surface area contributed by atoms with E-state index < -0.39 is 0 Å². The first-order chi connectivity index (χ1) is 9.76. The van der Waals surface area contributed by atoms with Crippen molar-refractivity contribution in [2.24, 2.45) is 0 Å². The Bertz CT molecular complexity index is 622. The van der Waals surface area contributed by atoms with E-state index in [9.17, 15) is 0 Å². The average Bonchev–Trinajstić information content (AvgIpc) is 2.47. The minimum Gasteiger partial charge on any atom is -0.384 e. The van der Waals surface area contributed by atoms with Gasteiger partial charge in [0, 0.05) is 18.2 Å². The first kappa shape index (κ1) is 12.9. The van der Waals surface area contributed by atoms with Crippen molar-refractivity contribution in [2.75, 3.05) is 11.1 Å². The van der Waals surface area contributed by atoms with Gasteiger partial charge in [-0.15, -0.1) is 0 Å². The van der Waals surface area contributed by atoms with Crippen molar-refractivity contribution in [3.05, 3.63) is 41.2 Å². The van der Waals surface area contributed by atoms with E-state index >= 15 is 0 Å². The zero-order valence-electron chi connectivity index (χ0n) is 11.8. The molecule has 3 rings (SSSR count). The van der Waals surface area contributed by atoms with E-state index in [0.29, 0.717) is 5.82 Å². The van der Waals surface area contributed by atoms with Gasteiger partial charge < -0.3 is 11.1 Å². The third-order valence-electron chi connectivity index (χ3n) is 3.77. The molecule has 104 valence electrons. The predicted molar refractivity (Wildman–Crippen MR) is 82.2 cm³/mol. The summed E-state index contributed by atoms with van der Waals surface area (Å²) in [6.45, 7) is 2.03. The van der Waals surface area contributed by atoms with Crippen LogP contribution in [0.2, 0.25) is 0 Å². The van der Waals surface area contributed by atoms with Crippen LogP contribution >= 0.6 is 0 Å². The molecule has 0 saturated heterocycles. The summed E-state index contributed by atoms with van der Waals surface area (Å²) in [5.74, 6) is 2.08. The number of nitrogens with zero attached hydrogens (tertiary/aromatic N) is 2. The summed E-state index contributed by atoms with van der Waals surface area (Å²) < 4.78 is 0. The summed E-state index contributed by atoms with van der Waals surface area (Å²) in [7, 11) is 0. The molecule has 3 N–H and O–H groups in total. The van der Waals surface area contributed by atoms with E-state index in [4.69, 9.17) is 5.73 Å². The minimum absolute atomic E-state index is 0.518. The van der Waals surface area contributed by atoms with E-state index in [-0.39, 0.29) is 0 Å². The number of nitrogens with one attached hydrogen (secondary N) is 1. The summed E-state index contributed by atoms with van der Waals surface area (Å²) in [6.07, 6.45) is 5.65. The Hall–Kier alpha value is -2.10. The topological polar surface area (TPSA) is 63.8 Å². The third kappa shape index (κ3) is 2.59. The first-order valence-electron chi connectivity index (χ1n) is 7.27. The zero-order valence-corrected chi connectivity index (χ0v) is 11.8. The first-order valence-corrected chi connectivity index (χ1v) is 7.27. The Balaban J connectivity index is 1.93. The SMILES string of the molecule is CCc1nc(N)cc(Nc2cccc3c2CCCC3)n1. The Morgan fingerprint density at radius 1 is 1.20 bits per heavy atom. The molecule has 2 aromatic rings. The molecule has 0 spiro atoms. The van der Waals surface area contributed by atoms with E-state index in [1.165, 1.54) is 30.4 Å². The second-order valence-electron chi connectivity index (χ2n) is 5.22. The van der Waals surface area contributed by atoms with Crippen molar-refractivity contribution in [3.63, 3.8) is 0 Å². The minimum atomic E-state index is 0.518. The van der Waals surface area contributed by atoms with Crippen molar-refractivity contribution in [3.8, 4) is 0 Å². The highest BCUT2D eigenvalue weighted by Crippen LogP contribution is 2.29. The Labute approximate surface area is 119 Å². The van der Waals surface area contributed by atoms with Crippen molar-refractivity contribution >= 4 is 17.3 Å². The monoisotopic (exact) mass is 268 g/mol. The van der Waals surface area contributed by atoms with Gasteiger partial charge >= 0.3 is 0 Å². The Morgan fingerprint density at radius 3 is 2.90 bits per heavy atom. The van der Waals surface area contributed by atoms with E-state index in [0.717, 1.165) is 30.2 Å². The zero-order chi connectivity index (χ0) is 13.9. The summed E-state index contributed by atoms with van der Waals surface area (Å²) in [5, 5.41) is 3.42. The van der Waals surface area contributed by atoms with Crippen molar-refractivity contribution in [2.45, 2.75) is 39.0 Å².